The predicted octanol–water partition coefficient (Wildman–Crippen LogP) is 4.44. The molecule has 1 N–H and O–H groups in total. The van der Waals surface area contributed by atoms with Gasteiger partial charge in [0.1, 0.15) is 0 Å². The minimum absolute atomic E-state index is 0.252. The highest BCUT2D eigenvalue weighted by atomic mass is 19.4. The zero-order valence-electron chi connectivity index (χ0n) is 13.1. The Hall–Kier alpha value is -1.23. The van der Waals surface area contributed by atoms with Gasteiger partial charge in [0, 0.05) is 25.8 Å². The number of hydrogen-bond donors (Lipinski definition) is 1. The minimum atomic E-state index is -4.31. The molecule has 0 aliphatic heterocycles. The molecule has 2 nitrogen and oxygen atoms in total. The van der Waals surface area contributed by atoms with E-state index in [9.17, 15) is 13.2 Å². The van der Waals surface area contributed by atoms with Crippen LogP contribution < -0.4 is 10.2 Å². The van der Waals surface area contributed by atoms with Crippen LogP contribution in [0.1, 0.15) is 44.2 Å². The van der Waals surface area contributed by atoms with Crippen LogP contribution in [0.3, 0.4) is 0 Å². The Morgan fingerprint density at radius 3 is 2.43 bits per heavy atom. The van der Waals surface area contributed by atoms with Gasteiger partial charge < -0.3 is 10.2 Å². The number of nitrogens with one attached hydrogen (secondary N) is 1. The van der Waals surface area contributed by atoms with Crippen molar-refractivity contribution in [3.63, 3.8) is 0 Å². The summed E-state index contributed by atoms with van der Waals surface area (Å²) in [6.45, 7) is 5.79. The molecule has 1 aromatic rings. The highest BCUT2D eigenvalue weighted by Crippen LogP contribution is 2.34. The molecule has 0 atom stereocenters. The summed E-state index contributed by atoms with van der Waals surface area (Å²) in [5, 5.41) is 3.03. The zero-order chi connectivity index (χ0) is 15.9. The smallest absolute Gasteiger partial charge is 0.375 e. The van der Waals surface area contributed by atoms with E-state index in [1.807, 2.05) is 18.9 Å². The van der Waals surface area contributed by atoms with Crippen LogP contribution in [0.15, 0.2) is 18.2 Å². The van der Waals surface area contributed by atoms with Crippen LogP contribution >= 0.6 is 0 Å². The topological polar surface area (TPSA) is 15.3 Å². The van der Waals surface area contributed by atoms with Gasteiger partial charge in [-0.2, -0.15) is 13.2 Å². The maximum atomic E-state index is 13.2. The second-order valence-corrected chi connectivity index (χ2v) is 5.29. The quantitative estimate of drug-likeness (QED) is 0.714. The molecule has 0 fully saturated rings. The molecule has 0 unspecified atom stereocenters. The van der Waals surface area contributed by atoms with E-state index >= 15 is 0 Å². The van der Waals surface area contributed by atoms with Crippen LogP contribution in [0.2, 0.25) is 0 Å². The van der Waals surface area contributed by atoms with Crippen LogP contribution in [-0.2, 0) is 12.7 Å². The molecule has 0 amide bonds. The molecule has 1 rings (SSSR count). The molecule has 0 radical (unpaired) electrons. The lowest BCUT2D eigenvalue weighted by atomic mass is 10.1. The average molecular weight is 302 g/mol. The number of rotatable bonds is 8. The Balaban J connectivity index is 2.96. The first-order valence-corrected chi connectivity index (χ1v) is 7.52. The van der Waals surface area contributed by atoms with Crippen LogP contribution in [0.5, 0.6) is 0 Å². The van der Waals surface area contributed by atoms with Crippen molar-refractivity contribution >= 4 is 5.69 Å². The standard InChI is InChI=1S/C16H25F3N2/c1-4-6-10-21(3)14-8-7-13(12-20-9-5-2)15(11-14)16(17,18)19/h7-8,11,20H,4-6,9-10,12H2,1-3H3. The molecule has 0 saturated heterocycles. The molecule has 0 saturated carbocycles. The van der Waals surface area contributed by atoms with E-state index in [1.165, 1.54) is 6.07 Å². The molecule has 0 aliphatic carbocycles. The normalized spacial score (nSPS) is 11.7. The molecule has 1 aromatic carbocycles. The van der Waals surface area contributed by atoms with Crippen LogP contribution in [0.4, 0.5) is 18.9 Å². The lowest BCUT2D eigenvalue weighted by molar-refractivity contribution is -0.138. The first-order chi connectivity index (χ1) is 9.90. The Morgan fingerprint density at radius 2 is 1.86 bits per heavy atom. The molecule has 0 aromatic heterocycles. The van der Waals surface area contributed by atoms with E-state index in [0.29, 0.717) is 11.3 Å². The summed E-state index contributed by atoms with van der Waals surface area (Å²) < 4.78 is 39.6. The highest BCUT2D eigenvalue weighted by Gasteiger charge is 2.33. The van der Waals surface area contributed by atoms with E-state index in [-0.39, 0.29) is 6.54 Å². The molecule has 0 bridgehead atoms. The summed E-state index contributed by atoms with van der Waals surface area (Å²) in [6, 6.07) is 4.62. The van der Waals surface area contributed by atoms with Gasteiger partial charge in [-0.3, -0.25) is 0 Å². The van der Waals surface area contributed by atoms with Gasteiger partial charge in [-0.15, -0.1) is 0 Å². The predicted molar refractivity (Wildman–Crippen MR) is 81.6 cm³/mol. The molecule has 0 aliphatic rings. The summed E-state index contributed by atoms with van der Waals surface area (Å²) in [6.07, 6.45) is -1.42. The first kappa shape index (κ1) is 17.8. The van der Waals surface area contributed by atoms with Crippen LogP contribution in [0, 0.1) is 0 Å². The van der Waals surface area contributed by atoms with Gasteiger partial charge >= 0.3 is 6.18 Å². The summed E-state index contributed by atoms with van der Waals surface area (Å²) in [7, 11) is 1.83. The van der Waals surface area contributed by atoms with Crippen molar-refractivity contribution in [2.75, 3.05) is 25.0 Å². The SMILES string of the molecule is CCCCN(C)c1ccc(CNCCC)c(C(F)(F)F)c1. The van der Waals surface area contributed by atoms with Crippen molar-refractivity contribution < 1.29 is 13.2 Å². The number of benzene rings is 1. The summed E-state index contributed by atoms with van der Waals surface area (Å²) >= 11 is 0. The largest absolute Gasteiger partial charge is 0.416 e. The molecule has 5 heteroatoms. The van der Waals surface area contributed by atoms with Gasteiger partial charge in [-0.25, -0.2) is 0 Å². The van der Waals surface area contributed by atoms with E-state index in [0.717, 1.165) is 32.4 Å². The lowest BCUT2D eigenvalue weighted by Gasteiger charge is -2.22. The lowest BCUT2D eigenvalue weighted by Crippen LogP contribution is -2.21. The summed E-state index contributed by atoms with van der Waals surface area (Å²) in [5.74, 6) is 0. The van der Waals surface area contributed by atoms with Gasteiger partial charge in [0.25, 0.3) is 0 Å². The Labute approximate surface area is 125 Å². The number of unbranched alkanes of at least 4 members (excludes halogenated alkanes) is 1. The van der Waals surface area contributed by atoms with E-state index in [2.05, 4.69) is 12.2 Å². The number of hydrogen-bond acceptors (Lipinski definition) is 2. The van der Waals surface area contributed by atoms with Crippen molar-refractivity contribution in [2.24, 2.45) is 0 Å². The third kappa shape index (κ3) is 5.58. The van der Waals surface area contributed by atoms with Gasteiger partial charge in [-0.05, 0) is 37.1 Å². The molecular formula is C16H25F3N2. The van der Waals surface area contributed by atoms with Gasteiger partial charge in [0.15, 0.2) is 0 Å². The first-order valence-electron chi connectivity index (χ1n) is 7.52. The maximum absolute atomic E-state index is 13.2. The van der Waals surface area contributed by atoms with E-state index in [1.54, 1.807) is 12.1 Å². The Bertz CT molecular complexity index is 430. The van der Waals surface area contributed by atoms with Crippen LogP contribution in [-0.4, -0.2) is 20.1 Å². The maximum Gasteiger partial charge on any atom is 0.416 e. The van der Waals surface area contributed by atoms with Crippen LogP contribution in [0.25, 0.3) is 0 Å². The second-order valence-electron chi connectivity index (χ2n) is 5.29. The van der Waals surface area contributed by atoms with Crippen molar-refractivity contribution in [2.45, 2.75) is 45.8 Å². The second kappa shape index (κ2) is 8.27. The molecule has 120 valence electrons. The van der Waals surface area contributed by atoms with Crippen molar-refractivity contribution in [3.05, 3.63) is 29.3 Å². The van der Waals surface area contributed by atoms with Crippen molar-refractivity contribution in [1.82, 2.24) is 5.32 Å². The fourth-order valence-electron chi connectivity index (χ4n) is 2.14. The van der Waals surface area contributed by atoms with Crippen molar-refractivity contribution in [3.8, 4) is 0 Å². The number of nitrogens with zero attached hydrogens (tertiary/aromatic N) is 1. The third-order valence-electron chi connectivity index (χ3n) is 3.43. The minimum Gasteiger partial charge on any atom is -0.375 e. The summed E-state index contributed by atoms with van der Waals surface area (Å²) in [5.41, 5.74) is 0.394. The number of alkyl halides is 3. The fraction of sp³-hybridized carbons (Fsp3) is 0.625. The van der Waals surface area contributed by atoms with Gasteiger partial charge in [-0.1, -0.05) is 26.3 Å². The Kier molecular flexibility index (Phi) is 7.02. The van der Waals surface area contributed by atoms with Gasteiger partial charge in [0.05, 0.1) is 5.56 Å². The molecule has 21 heavy (non-hydrogen) atoms. The third-order valence-corrected chi connectivity index (χ3v) is 3.43. The van der Waals surface area contributed by atoms with E-state index < -0.39 is 11.7 Å². The van der Waals surface area contributed by atoms with Gasteiger partial charge in [0.2, 0.25) is 0 Å². The number of anilines is 1. The highest BCUT2D eigenvalue weighted by molar-refractivity contribution is 5.51. The van der Waals surface area contributed by atoms with E-state index in [4.69, 9.17) is 0 Å². The van der Waals surface area contributed by atoms with Crippen molar-refractivity contribution in [1.29, 1.82) is 0 Å². The summed E-state index contributed by atoms with van der Waals surface area (Å²) in [4.78, 5) is 1.88. The Morgan fingerprint density at radius 1 is 1.14 bits per heavy atom. The molecule has 0 spiro atoms. The molecular weight excluding hydrogens is 277 g/mol. The molecule has 0 heterocycles. The zero-order valence-corrected chi connectivity index (χ0v) is 13.1. The number of halogens is 3. The monoisotopic (exact) mass is 302 g/mol. The fourth-order valence-corrected chi connectivity index (χ4v) is 2.14. The average Bonchev–Trinajstić information content (AvgIpc) is 2.44.